The summed E-state index contributed by atoms with van der Waals surface area (Å²) in [6.07, 6.45) is 15.5. The maximum atomic E-state index is 3.34. The normalized spacial score (nSPS) is 12.2. The molecule has 0 unspecified atom stereocenters. The summed E-state index contributed by atoms with van der Waals surface area (Å²) < 4.78 is 0. The third-order valence-electron chi connectivity index (χ3n) is 2.07. The number of allylic oxidation sites excluding steroid dienone is 4. The van der Waals surface area contributed by atoms with E-state index in [1.807, 2.05) is 0 Å². The zero-order valence-corrected chi connectivity index (χ0v) is 12.8. The van der Waals surface area contributed by atoms with Crippen molar-refractivity contribution in [2.75, 3.05) is 0 Å². The van der Waals surface area contributed by atoms with Crippen LogP contribution in [0, 0.1) is 6.08 Å². The number of hydrogen-bond donors (Lipinski definition) is 0. The van der Waals surface area contributed by atoms with Gasteiger partial charge in [0.25, 0.3) is 0 Å². The van der Waals surface area contributed by atoms with Crippen molar-refractivity contribution in [3.05, 3.63) is 23.8 Å². The molecule has 0 spiro atoms. The third kappa shape index (κ3) is 9.50. The van der Waals surface area contributed by atoms with Crippen LogP contribution >= 0.6 is 24.8 Å². The second-order valence-electron chi connectivity index (χ2n) is 3.12. The number of halogens is 2. The molecule has 14 heavy (non-hydrogen) atoms. The monoisotopic (exact) mass is 311 g/mol. The van der Waals surface area contributed by atoms with Crippen LogP contribution in [-0.4, -0.2) is 0 Å². The fraction of sp³-hybridized carbons (Fsp3) is 0.636. The largest absolute Gasteiger partial charge is 0.269 e. The molecule has 0 aromatic carbocycles. The van der Waals surface area contributed by atoms with Crippen molar-refractivity contribution < 1.29 is 26.2 Å². The smallest absolute Gasteiger partial charge is 0 e. The van der Waals surface area contributed by atoms with Crippen molar-refractivity contribution in [3.8, 4) is 0 Å². The topological polar surface area (TPSA) is 0 Å². The summed E-state index contributed by atoms with van der Waals surface area (Å²) in [6.45, 7) is 2.25. The summed E-state index contributed by atoms with van der Waals surface area (Å²) >= 11 is 0. The van der Waals surface area contributed by atoms with Crippen molar-refractivity contribution in [1.29, 1.82) is 0 Å². The van der Waals surface area contributed by atoms with E-state index < -0.39 is 0 Å². The van der Waals surface area contributed by atoms with Gasteiger partial charge in [0, 0.05) is 26.2 Å². The van der Waals surface area contributed by atoms with Crippen LogP contribution in [0.1, 0.15) is 45.4 Å². The minimum atomic E-state index is 0. The van der Waals surface area contributed by atoms with E-state index >= 15 is 0 Å². The predicted molar refractivity (Wildman–Crippen MR) is 63.8 cm³/mol. The zero-order valence-electron chi connectivity index (χ0n) is 8.71. The van der Waals surface area contributed by atoms with Crippen molar-refractivity contribution >= 4 is 24.8 Å². The van der Waals surface area contributed by atoms with E-state index in [9.17, 15) is 0 Å². The molecule has 0 fully saturated rings. The van der Waals surface area contributed by atoms with Gasteiger partial charge in [0.05, 0.1) is 0 Å². The summed E-state index contributed by atoms with van der Waals surface area (Å²) in [7, 11) is 0. The summed E-state index contributed by atoms with van der Waals surface area (Å²) in [4.78, 5) is 0. The van der Waals surface area contributed by atoms with E-state index in [1.165, 1.54) is 37.7 Å². The van der Waals surface area contributed by atoms with Gasteiger partial charge in [0.1, 0.15) is 0 Å². The standard InChI is InChI=1S/C11H17.2ClH.Zr/c1-2-3-4-5-8-11-9-6-7-10-11;;;/h6,9H,2-5,7-8H2,1H3;2*1H;/q-1;;;. The first kappa shape index (κ1) is 20.4. The van der Waals surface area contributed by atoms with Crippen molar-refractivity contribution in [2.45, 2.75) is 45.4 Å². The van der Waals surface area contributed by atoms with Gasteiger partial charge in [0.15, 0.2) is 0 Å². The summed E-state index contributed by atoms with van der Waals surface area (Å²) in [5.41, 5.74) is 1.43. The third-order valence-corrected chi connectivity index (χ3v) is 2.07. The molecule has 0 heterocycles. The molecule has 82 valence electrons. The molecule has 0 bridgehead atoms. The number of hydrogen-bond acceptors (Lipinski definition) is 0. The molecule has 0 atom stereocenters. The molecule has 0 saturated heterocycles. The molecule has 0 aromatic heterocycles. The van der Waals surface area contributed by atoms with E-state index in [2.05, 4.69) is 25.2 Å². The van der Waals surface area contributed by atoms with Crippen LogP contribution in [0.4, 0.5) is 0 Å². The molecule has 0 aromatic rings. The molecular formula is C11H19Cl2Zr-. The van der Waals surface area contributed by atoms with Crippen molar-refractivity contribution in [2.24, 2.45) is 0 Å². The van der Waals surface area contributed by atoms with Gasteiger partial charge >= 0.3 is 0 Å². The zero-order chi connectivity index (χ0) is 7.94. The SMILES string of the molecule is CCCCCCC1=[C-]CC=C1.Cl.Cl.[Zr]. The van der Waals surface area contributed by atoms with Crippen molar-refractivity contribution in [3.63, 3.8) is 0 Å². The first-order chi connectivity index (χ1) is 5.43. The number of rotatable bonds is 5. The van der Waals surface area contributed by atoms with Gasteiger partial charge in [-0.05, 0) is 0 Å². The molecule has 3 heteroatoms. The first-order valence-electron chi connectivity index (χ1n) is 4.69. The van der Waals surface area contributed by atoms with Crippen LogP contribution in [-0.2, 0) is 26.2 Å². The molecule has 0 nitrogen and oxygen atoms in total. The minimum Gasteiger partial charge on any atom is -0.269 e. The van der Waals surface area contributed by atoms with Gasteiger partial charge in [-0.2, -0.15) is 6.08 Å². The summed E-state index contributed by atoms with van der Waals surface area (Å²) in [5, 5.41) is 0. The van der Waals surface area contributed by atoms with Crippen molar-refractivity contribution in [1.82, 2.24) is 0 Å². The number of unbranched alkanes of at least 4 members (excludes halogenated alkanes) is 3. The Bertz CT molecular complexity index is 165. The van der Waals surface area contributed by atoms with E-state index in [0.717, 1.165) is 6.42 Å². The molecule has 0 aliphatic heterocycles. The van der Waals surface area contributed by atoms with Crippen LogP contribution in [0.2, 0.25) is 0 Å². The van der Waals surface area contributed by atoms with E-state index in [0.29, 0.717) is 0 Å². The van der Waals surface area contributed by atoms with Crippen LogP contribution in [0.25, 0.3) is 0 Å². The van der Waals surface area contributed by atoms with E-state index in [1.54, 1.807) is 0 Å². The Morgan fingerprint density at radius 3 is 2.43 bits per heavy atom. The Labute approximate surface area is 120 Å². The van der Waals surface area contributed by atoms with Crippen LogP contribution < -0.4 is 0 Å². The predicted octanol–water partition coefficient (Wildman–Crippen LogP) is 4.49. The first-order valence-corrected chi connectivity index (χ1v) is 4.69. The van der Waals surface area contributed by atoms with E-state index in [-0.39, 0.29) is 51.0 Å². The van der Waals surface area contributed by atoms with Gasteiger partial charge in [0.2, 0.25) is 0 Å². The van der Waals surface area contributed by atoms with Gasteiger partial charge in [-0.15, -0.1) is 31.2 Å². The Morgan fingerprint density at radius 2 is 1.93 bits per heavy atom. The summed E-state index contributed by atoms with van der Waals surface area (Å²) in [6, 6.07) is 0. The van der Waals surface area contributed by atoms with Gasteiger partial charge < -0.3 is 0 Å². The molecule has 0 saturated carbocycles. The van der Waals surface area contributed by atoms with Gasteiger partial charge in [-0.25, -0.2) is 11.6 Å². The summed E-state index contributed by atoms with van der Waals surface area (Å²) in [5.74, 6) is 0. The molecular weight excluding hydrogens is 294 g/mol. The Balaban J connectivity index is -0.000000403. The van der Waals surface area contributed by atoms with E-state index in [4.69, 9.17) is 0 Å². The maximum absolute atomic E-state index is 3.34. The van der Waals surface area contributed by atoms with Crippen LogP contribution in [0.3, 0.4) is 0 Å². The molecule has 0 amide bonds. The molecule has 0 N–H and O–H groups in total. The van der Waals surface area contributed by atoms with Gasteiger partial charge in [-0.1, -0.05) is 39.0 Å². The van der Waals surface area contributed by atoms with Crippen LogP contribution in [0.15, 0.2) is 17.7 Å². The minimum absolute atomic E-state index is 0. The fourth-order valence-corrected chi connectivity index (χ4v) is 1.36. The molecule has 1 aliphatic rings. The fourth-order valence-electron chi connectivity index (χ4n) is 1.36. The maximum Gasteiger partial charge on any atom is 0 e. The average Bonchev–Trinajstić information content (AvgIpc) is 2.50. The molecule has 1 rings (SSSR count). The Kier molecular flexibility index (Phi) is 20.3. The Hall–Kier alpha value is 0.943. The molecule has 1 aliphatic carbocycles. The van der Waals surface area contributed by atoms with Gasteiger partial charge in [-0.3, -0.25) is 6.08 Å². The second kappa shape index (κ2) is 13.9. The quantitative estimate of drug-likeness (QED) is 0.518. The second-order valence-corrected chi connectivity index (χ2v) is 3.12. The Morgan fingerprint density at radius 1 is 1.21 bits per heavy atom. The molecule has 0 radical (unpaired) electrons. The van der Waals surface area contributed by atoms with Crippen LogP contribution in [0.5, 0.6) is 0 Å². The average molecular weight is 313 g/mol.